The molecule has 0 spiro atoms. The maximum atomic E-state index is 14.6. The minimum absolute atomic E-state index is 0.0417. The Kier molecular flexibility index (Phi) is 6.13. The number of hydrogen-bond acceptors (Lipinski definition) is 3. The molecule has 0 bridgehead atoms. The second-order valence-electron chi connectivity index (χ2n) is 8.33. The number of benzene rings is 3. The van der Waals surface area contributed by atoms with Gasteiger partial charge in [0.05, 0.1) is 17.8 Å². The van der Waals surface area contributed by atoms with E-state index in [1.54, 1.807) is 24.3 Å². The summed E-state index contributed by atoms with van der Waals surface area (Å²) in [4.78, 5) is 29.7. The summed E-state index contributed by atoms with van der Waals surface area (Å²) in [6.45, 7) is -0.0417. The first-order valence-electron chi connectivity index (χ1n) is 11.0. The van der Waals surface area contributed by atoms with E-state index in [2.05, 4.69) is 5.32 Å². The zero-order valence-corrected chi connectivity index (χ0v) is 19.4. The predicted octanol–water partition coefficient (Wildman–Crippen LogP) is 6.46. The number of nitrogens with zero attached hydrogens (tertiary/aromatic N) is 1. The van der Waals surface area contributed by atoms with Gasteiger partial charge in [-0.05, 0) is 55.3 Å². The number of nitrogens with one attached hydrogen (secondary N) is 1. The standard InChI is InChI=1S/C26H22ClFN2O2S/c27-20-9-5-10-21(28)19(20)15-30-22-14-16(25(31)29-17-6-1-2-7-17)12-13-24(22)33-23-11-4-3-8-18(23)26(30)32/h3-5,8-14,17H,1-2,6-7,15H2,(H,29,31). The lowest BCUT2D eigenvalue weighted by atomic mass is 10.1. The molecule has 0 radical (unpaired) electrons. The summed E-state index contributed by atoms with van der Waals surface area (Å²) < 4.78 is 14.6. The van der Waals surface area contributed by atoms with Gasteiger partial charge in [0.2, 0.25) is 0 Å². The number of amides is 2. The highest BCUT2D eigenvalue weighted by Gasteiger charge is 2.29. The van der Waals surface area contributed by atoms with E-state index in [-0.39, 0.29) is 35.0 Å². The zero-order chi connectivity index (χ0) is 22.9. The normalized spacial score (nSPS) is 15.7. The van der Waals surface area contributed by atoms with E-state index in [4.69, 9.17) is 11.6 Å². The van der Waals surface area contributed by atoms with Gasteiger partial charge < -0.3 is 10.2 Å². The molecule has 1 aliphatic carbocycles. The van der Waals surface area contributed by atoms with E-state index >= 15 is 0 Å². The molecule has 168 valence electrons. The molecular formula is C26H22ClFN2O2S. The van der Waals surface area contributed by atoms with Crippen molar-refractivity contribution in [1.29, 1.82) is 0 Å². The van der Waals surface area contributed by atoms with Crippen LogP contribution in [0.2, 0.25) is 5.02 Å². The van der Waals surface area contributed by atoms with Crippen molar-refractivity contribution in [3.8, 4) is 0 Å². The van der Waals surface area contributed by atoms with Crippen molar-refractivity contribution in [2.75, 3.05) is 4.90 Å². The fourth-order valence-corrected chi connectivity index (χ4v) is 5.68. The number of anilines is 1. The van der Waals surface area contributed by atoms with Crippen molar-refractivity contribution in [3.63, 3.8) is 0 Å². The zero-order valence-electron chi connectivity index (χ0n) is 17.8. The molecule has 0 aromatic heterocycles. The van der Waals surface area contributed by atoms with Gasteiger partial charge in [-0.25, -0.2) is 4.39 Å². The predicted molar refractivity (Wildman–Crippen MR) is 129 cm³/mol. The molecule has 3 aromatic carbocycles. The van der Waals surface area contributed by atoms with Gasteiger partial charge in [-0.15, -0.1) is 0 Å². The van der Waals surface area contributed by atoms with E-state index in [0.717, 1.165) is 35.5 Å². The second-order valence-corrected chi connectivity index (χ2v) is 9.82. The lowest BCUT2D eigenvalue weighted by Crippen LogP contribution is -2.33. The smallest absolute Gasteiger partial charge is 0.259 e. The van der Waals surface area contributed by atoms with E-state index in [1.807, 2.05) is 24.3 Å². The average molecular weight is 481 g/mol. The summed E-state index contributed by atoms with van der Waals surface area (Å²) in [5.74, 6) is -0.894. The maximum Gasteiger partial charge on any atom is 0.259 e. The highest BCUT2D eigenvalue weighted by molar-refractivity contribution is 7.99. The Morgan fingerprint density at radius 1 is 1.06 bits per heavy atom. The van der Waals surface area contributed by atoms with Crippen LogP contribution in [0.3, 0.4) is 0 Å². The molecule has 1 saturated carbocycles. The molecule has 33 heavy (non-hydrogen) atoms. The Bertz CT molecular complexity index is 1220. The van der Waals surface area contributed by atoms with Crippen LogP contribution >= 0.6 is 23.4 Å². The minimum Gasteiger partial charge on any atom is -0.349 e. The maximum absolute atomic E-state index is 14.6. The largest absolute Gasteiger partial charge is 0.349 e. The van der Waals surface area contributed by atoms with Gasteiger partial charge in [0, 0.05) is 32.0 Å². The number of halogens is 2. The van der Waals surface area contributed by atoms with Gasteiger partial charge in [-0.2, -0.15) is 0 Å². The summed E-state index contributed by atoms with van der Waals surface area (Å²) in [6.07, 6.45) is 4.21. The van der Waals surface area contributed by atoms with Gasteiger partial charge >= 0.3 is 0 Å². The molecule has 7 heteroatoms. The number of hydrogen-bond donors (Lipinski definition) is 1. The molecule has 0 saturated heterocycles. The Hall–Kier alpha value is -2.83. The third-order valence-corrected chi connectivity index (χ3v) is 7.66. The lowest BCUT2D eigenvalue weighted by Gasteiger charge is -2.24. The van der Waals surface area contributed by atoms with E-state index in [1.165, 1.54) is 28.8 Å². The molecule has 1 N–H and O–H groups in total. The first-order chi connectivity index (χ1) is 16.0. The highest BCUT2D eigenvalue weighted by atomic mass is 35.5. The van der Waals surface area contributed by atoms with Crippen molar-refractivity contribution in [2.24, 2.45) is 0 Å². The number of carbonyl (C=O) groups is 2. The van der Waals surface area contributed by atoms with Crippen LogP contribution in [-0.4, -0.2) is 17.9 Å². The van der Waals surface area contributed by atoms with Crippen molar-refractivity contribution < 1.29 is 14.0 Å². The molecule has 0 unspecified atom stereocenters. The van der Waals surface area contributed by atoms with Crippen LogP contribution in [0.15, 0.2) is 70.5 Å². The van der Waals surface area contributed by atoms with Crippen LogP contribution in [-0.2, 0) is 6.54 Å². The fourth-order valence-electron chi connectivity index (χ4n) is 4.40. The van der Waals surface area contributed by atoms with Gasteiger partial charge in [0.25, 0.3) is 11.8 Å². The second kappa shape index (κ2) is 9.20. The molecule has 1 aliphatic heterocycles. The van der Waals surface area contributed by atoms with Crippen molar-refractivity contribution in [1.82, 2.24) is 5.32 Å². The molecule has 5 rings (SSSR count). The SMILES string of the molecule is O=C(NC1CCCC1)c1ccc2c(c1)N(Cc1c(F)cccc1Cl)C(=O)c1ccccc1S2. The van der Waals surface area contributed by atoms with E-state index < -0.39 is 5.82 Å². The first kappa shape index (κ1) is 22.0. The van der Waals surface area contributed by atoms with Crippen LogP contribution in [0.25, 0.3) is 0 Å². The van der Waals surface area contributed by atoms with Crippen LogP contribution in [0.5, 0.6) is 0 Å². The topological polar surface area (TPSA) is 49.4 Å². The third-order valence-electron chi connectivity index (χ3n) is 6.16. The minimum atomic E-state index is -0.475. The molecule has 1 fully saturated rings. The number of fused-ring (bicyclic) bond motifs is 2. The van der Waals surface area contributed by atoms with Crippen molar-refractivity contribution >= 4 is 40.9 Å². The Morgan fingerprint density at radius 2 is 1.85 bits per heavy atom. The average Bonchev–Trinajstić information content (AvgIpc) is 3.28. The molecular weight excluding hydrogens is 459 g/mol. The summed E-state index contributed by atoms with van der Waals surface area (Å²) in [5, 5.41) is 3.35. The Labute approximate surface area is 201 Å². The molecule has 3 aromatic rings. The van der Waals surface area contributed by atoms with Gasteiger partial charge in [-0.3, -0.25) is 9.59 Å². The Balaban J connectivity index is 1.57. The molecule has 0 atom stereocenters. The van der Waals surface area contributed by atoms with Crippen molar-refractivity contribution in [2.45, 2.75) is 48.1 Å². The molecule has 4 nitrogen and oxygen atoms in total. The van der Waals surface area contributed by atoms with Crippen LogP contribution < -0.4 is 10.2 Å². The first-order valence-corrected chi connectivity index (χ1v) is 12.2. The van der Waals surface area contributed by atoms with Crippen LogP contribution in [0.1, 0.15) is 52.0 Å². The van der Waals surface area contributed by atoms with E-state index in [0.29, 0.717) is 16.8 Å². The summed E-state index contributed by atoms with van der Waals surface area (Å²) in [5.41, 5.74) is 1.82. The third kappa shape index (κ3) is 4.37. The summed E-state index contributed by atoms with van der Waals surface area (Å²) >= 11 is 7.76. The highest BCUT2D eigenvalue weighted by Crippen LogP contribution is 2.42. The fraction of sp³-hybridized carbons (Fsp3) is 0.231. The van der Waals surface area contributed by atoms with Crippen molar-refractivity contribution in [3.05, 3.63) is 88.2 Å². The molecule has 1 heterocycles. The van der Waals surface area contributed by atoms with Crippen LogP contribution in [0.4, 0.5) is 10.1 Å². The van der Waals surface area contributed by atoms with Crippen LogP contribution in [0, 0.1) is 5.82 Å². The molecule has 2 amide bonds. The summed E-state index contributed by atoms with van der Waals surface area (Å²) in [6, 6.07) is 17.4. The van der Waals surface area contributed by atoms with E-state index in [9.17, 15) is 14.0 Å². The quantitative estimate of drug-likeness (QED) is 0.466. The number of carbonyl (C=O) groups excluding carboxylic acids is 2. The monoisotopic (exact) mass is 480 g/mol. The van der Waals surface area contributed by atoms with Gasteiger partial charge in [-0.1, -0.05) is 54.4 Å². The van der Waals surface area contributed by atoms with Gasteiger partial charge in [0.15, 0.2) is 0 Å². The Morgan fingerprint density at radius 3 is 2.64 bits per heavy atom. The van der Waals surface area contributed by atoms with Gasteiger partial charge in [0.1, 0.15) is 5.82 Å². The number of rotatable bonds is 4. The molecule has 2 aliphatic rings. The summed E-state index contributed by atoms with van der Waals surface area (Å²) in [7, 11) is 0. The lowest BCUT2D eigenvalue weighted by molar-refractivity contribution is 0.0935.